The van der Waals surface area contributed by atoms with Gasteiger partial charge in [-0.2, -0.15) is 0 Å². The maximum Gasteiger partial charge on any atom is 0.323 e. The zero-order valence-corrected chi connectivity index (χ0v) is 16.6. The maximum absolute atomic E-state index is 12.7. The number of carbonyl (C=O) groups excluding carboxylic acids is 2. The second-order valence-corrected chi connectivity index (χ2v) is 8.16. The van der Waals surface area contributed by atoms with Crippen LogP contribution in [0.4, 0.5) is 0 Å². The van der Waals surface area contributed by atoms with E-state index in [0.29, 0.717) is 18.6 Å². The fraction of sp³-hybridized carbons (Fsp3) is 0.391. The van der Waals surface area contributed by atoms with E-state index in [1.165, 1.54) is 7.11 Å². The first-order valence-corrected chi connectivity index (χ1v) is 9.23. The molecule has 0 amide bonds. The van der Waals surface area contributed by atoms with Gasteiger partial charge in [-0.25, -0.2) is 0 Å². The van der Waals surface area contributed by atoms with Gasteiger partial charge >= 0.3 is 11.9 Å². The first kappa shape index (κ1) is 19.2. The van der Waals surface area contributed by atoms with Crippen molar-refractivity contribution in [2.24, 2.45) is 0 Å². The molecule has 0 spiro atoms. The summed E-state index contributed by atoms with van der Waals surface area (Å²) in [6, 6.07) is 12.0. The molecule has 1 aliphatic rings. The summed E-state index contributed by atoms with van der Waals surface area (Å²) >= 11 is 0. The minimum atomic E-state index is -0.431. The average Bonchev–Trinajstić information content (AvgIpc) is 2.93. The summed E-state index contributed by atoms with van der Waals surface area (Å²) in [5.74, 6) is -0.249. The summed E-state index contributed by atoms with van der Waals surface area (Å²) in [5.41, 5.74) is 4.74. The summed E-state index contributed by atoms with van der Waals surface area (Å²) < 4.78 is 10.5. The molecule has 1 aliphatic heterocycles. The molecule has 0 aliphatic carbocycles. The summed E-state index contributed by atoms with van der Waals surface area (Å²) in [7, 11) is 1.39. The first-order valence-electron chi connectivity index (χ1n) is 9.23. The van der Waals surface area contributed by atoms with Crippen molar-refractivity contribution in [2.45, 2.75) is 51.9 Å². The van der Waals surface area contributed by atoms with E-state index in [2.05, 4.69) is 20.8 Å². The smallest absolute Gasteiger partial charge is 0.323 e. The largest absolute Gasteiger partial charge is 0.469 e. The quantitative estimate of drug-likeness (QED) is 0.593. The van der Waals surface area contributed by atoms with Gasteiger partial charge in [-0.3, -0.25) is 9.59 Å². The third-order valence-electron chi connectivity index (χ3n) is 4.96. The van der Waals surface area contributed by atoms with E-state index in [1.54, 1.807) is 0 Å². The molecule has 142 valence electrons. The second-order valence-electron chi connectivity index (χ2n) is 8.16. The van der Waals surface area contributed by atoms with Gasteiger partial charge in [-0.15, -0.1) is 0 Å². The Balaban J connectivity index is 2.10. The molecule has 27 heavy (non-hydrogen) atoms. The van der Waals surface area contributed by atoms with Gasteiger partial charge < -0.3 is 9.47 Å². The predicted octanol–water partition coefficient (Wildman–Crippen LogP) is 4.45. The zero-order valence-electron chi connectivity index (χ0n) is 16.6. The number of benzene rings is 2. The van der Waals surface area contributed by atoms with Gasteiger partial charge in [0.25, 0.3) is 0 Å². The standard InChI is InChI=1S/C23H26O4/c1-14-7-6-8-16(11-14)20-17-12-15(9-10-19(24)26-5)13-18(23(2,3)4)21(17)27-22(20)25/h6-8,11-13,20H,9-10H2,1-5H3. The molecule has 0 aromatic heterocycles. The summed E-state index contributed by atoms with van der Waals surface area (Å²) in [4.78, 5) is 24.3. The SMILES string of the molecule is COC(=O)CCc1cc2c(c(C(C)(C)C)c1)OC(=O)C2c1cccc(C)c1. The number of hydrogen-bond donors (Lipinski definition) is 0. The van der Waals surface area contributed by atoms with Gasteiger partial charge in [-0.05, 0) is 29.9 Å². The van der Waals surface area contributed by atoms with Crippen molar-refractivity contribution in [3.63, 3.8) is 0 Å². The first-order chi connectivity index (χ1) is 12.7. The van der Waals surface area contributed by atoms with Crippen LogP contribution in [0.1, 0.15) is 60.9 Å². The molecule has 1 unspecified atom stereocenters. The predicted molar refractivity (Wildman–Crippen MR) is 104 cm³/mol. The van der Waals surface area contributed by atoms with Crippen molar-refractivity contribution in [3.8, 4) is 5.75 Å². The van der Waals surface area contributed by atoms with Crippen molar-refractivity contribution in [3.05, 3.63) is 64.2 Å². The molecule has 1 heterocycles. The number of ether oxygens (including phenoxy) is 2. The van der Waals surface area contributed by atoms with Crippen LogP contribution in [0.2, 0.25) is 0 Å². The van der Waals surface area contributed by atoms with Gasteiger partial charge in [0.2, 0.25) is 0 Å². The molecule has 0 saturated carbocycles. The van der Waals surface area contributed by atoms with Crippen LogP contribution < -0.4 is 4.74 Å². The molecule has 1 atom stereocenters. The third-order valence-corrected chi connectivity index (χ3v) is 4.96. The number of carbonyl (C=O) groups is 2. The number of rotatable bonds is 4. The van der Waals surface area contributed by atoms with Crippen LogP contribution in [0.25, 0.3) is 0 Å². The Hall–Kier alpha value is -2.62. The average molecular weight is 366 g/mol. The zero-order chi connectivity index (χ0) is 19.8. The lowest BCUT2D eigenvalue weighted by Crippen LogP contribution is -2.14. The summed E-state index contributed by atoms with van der Waals surface area (Å²) in [6.07, 6.45) is 0.876. The van der Waals surface area contributed by atoms with Crippen LogP contribution in [0.3, 0.4) is 0 Å². The van der Waals surface area contributed by atoms with Crippen molar-refractivity contribution >= 4 is 11.9 Å². The van der Waals surface area contributed by atoms with Crippen LogP contribution in [0.5, 0.6) is 5.75 Å². The highest BCUT2D eigenvalue weighted by Gasteiger charge is 2.38. The topological polar surface area (TPSA) is 52.6 Å². The number of aryl methyl sites for hydroxylation is 2. The highest BCUT2D eigenvalue weighted by molar-refractivity contribution is 5.90. The molecular weight excluding hydrogens is 340 g/mol. The molecule has 0 saturated heterocycles. The molecule has 0 N–H and O–H groups in total. The van der Waals surface area contributed by atoms with E-state index in [4.69, 9.17) is 9.47 Å². The monoisotopic (exact) mass is 366 g/mol. The molecule has 2 aromatic rings. The Morgan fingerprint density at radius 2 is 1.93 bits per heavy atom. The van der Waals surface area contributed by atoms with E-state index >= 15 is 0 Å². The van der Waals surface area contributed by atoms with Crippen LogP contribution >= 0.6 is 0 Å². The normalized spacial score (nSPS) is 16.0. The highest BCUT2D eigenvalue weighted by atomic mass is 16.5. The van der Waals surface area contributed by atoms with Crippen molar-refractivity contribution in [2.75, 3.05) is 7.11 Å². The van der Waals surface area contributed by atoms with E-state index in [-0.39, 0.29) is 17.4 Å². The fourth-order valence-electron chi connectivity index (χ4n) is 3.54. The molecule has 0 bridgehead atoms. The van der Waals surface area contributed by atoms with Crippen molar-refractivity contribution in [1.82, 2.24) is 0 Å². The number of hydrogen-bond acceptors (Lipinski definition) is 4. The third kappa shape index (κ3) is 3.90. The minimum absolute atomic E-state index is 0.187. The minimum Gasteiger partial charge on any atom is -0.469 e. The van der Waals surface area contributed by atoms with E-state index in [9.17, 15) is 9.59 Å². The van der Waals surface area contributed by atoms with E-state index in [1.807, 2.05) is 43.3 Å². The highest BCUT2D eigenvalue weighted by Crippen LogP contribution is 2.46. The molecular formula is C23H26O4. The Morgan fingerprint density at radius 3 is 2.56 bits per heavy atom. The Morgan fingerprint density at radius 1 is 1.19 bits per heavy atom. The summed E-state index contributed by atoms with van der Waals surface area (Å²) in [5, 5.41) is 0. The van der Waals surface area contributed by atoms with Crippen LogP contribution in [-0.4, -0.2) is 19.0 Å². The molecule has 4 heteroatoms. The number of methoxy groups -OCH3 is 1. The molecule has 0 radical (unpaired) electrons. The van der Waals surface area contributed by atoms with Gasteiger partial charge in [0.05, 0.1) is 7.11 Å². The van der Waals surface area contributed by atoms with Gasteiger partial charge in [0.15, 0.2) is 0 Å². The molecule has 2 aromatic carbocycles. The number of fused-ring (bicyclic) bond motifs is 1. The lowest BCUT2D eigenvalue weighted by atomic mass is 9.81. The van der Waals surface area contributed by atoms with Gasteiger partial charge in [0, 0.05) is 17.5 Å². The Kier molecular flexibility index (Phi) is 5.09. The van der Waals surface area contributed by atoms with Crippen molar-refractivity contribution < 1.29 is 19.1 Å². The van der Waals surface area contributed by atoms with Gasteiger partial charge in [0.1, 0.15) is 11.7 Å². The van der Waals surface area contributed by atoms with Crippen LogP contribution in [0.15, 0.2) is 36.4 Å². The Bertz CT molecular complexity index is 890. The molecule has 3 rings (SSSR count). The maximum atomic E-state index is 12.7. The second kappa shape index (κ2) is 7.18. The van der Waals surface area contributed by atoms with Crippen molar-refractivity contribution in [1.29, 1.82) is 0 Å². The van der Waals surface area contributed by atoms with Crippen LogP contribution in [0, 0.1) is 6.92 Å². The van der Waals surface area contributed by atoms with E-state index in [0.717, 1.165) is 27.8 Å². The number of esters is 2. The lowest BCUT2D eigenvalue weighted by Gasteiger charge is -2.23. The van der Waals surface area contributed by atoms with Gasteiger partial charge in [-0.1, -0.05) is 62.7 Å². The lowest BCUT2D eigenvalue weighted by molar-refractivity contribution is -0.140. The Labute approximate surface area is 160 Å². The molecule has 4 nitrogen and oxygen atoms in total. The van der Waals surface area contributed by atoms with E-state index < -0.39 is 5.92 Å². The molecule has 0 fully saturated rings. The fourth-order valence-corrected chi connectivity index (χ4v) is 3.54. The summed E-state index contributed by atoms with van der Waals surface area (Å²) in [6.45, 7) is 8.31. The van der Waals surface area contributed by atoms with Crippen LogP contribution in [-0.2, 0) is 26.2 Å².